The van der Waals surface area contributed by atoms with Crippen molar-refractivity contribution in [2.75, 3.05) is 13.7 Å². The summed E-state index contributed by atoms with van der Waals surface area (Å²) in [6, 6.07) is 14.6. The third-order valence-corrected chi connectivity index (χ3v) is 3.62. The van der Waals surface area contributed by atoms with Crippen molar-refractivity contribution in [3.05, 3.63) is 59.7 Å². The van der Waals surface area contributed by atoms with Crippen molar-refractivity contribution >= 4 is 0 Å². The SMILES string of the molecule is COc1ccc(CCNC(C)c2ccccc2OC(F)F)cc1. The summed E-state index contributed by atoms with van der Waals surface area (Å²) in [5.41, 5.74) is 1.91. The van der Waals surface area contributed by atoms with E-state index < -0.39 is 6.61 Å². The average Bonchev–Trinajstić information content (AvgIpc) is 2.55. The summed E-state index contributed by atoms with van der Waals surface area (Å²) in [7, 11) is 1.64. The monoisotopic (exact) mass is 321 g/mol. The number of methoxy groups -OCH3 is 1. The van der Waals surface area contributed by atoms with Crippen LogP contribution in [0.5, 0.6) is 11.5 Å². The fourth-order valence-corrected chi connectivity index (χ4v) is 2.38. The molecule has 0 fully saturated rings. The van der Waals surface area contributed by atoms with E-state index in [9.17, 15) is 8.78 Å². The Hall–Kier alpha value is -2.14. The molecule has 2 rings (SSSR count). The molecule has 0 saturated heterocycles. The van der Waals surface area contributed by atoms with Crippen LogP contribution in [0.25, 0.3) is 0 Å². The number of hydrogen-bond acceptors (Lipinski definition) is 3. The van der Waals surface area contributed by atoms with Crippen LogP contribution in [0.1, 0.15) is 24.1 Å². The maximum Gasteiger partial charge on any atom is 0.387 e. The lowest BCUT2D eigenvalue weighted by Crippen LogP contribution is -2.22. The Labute approximate surface area is 135 Å². The number of para-hydroxylation sites is 1. The molecule has 2 aromatic rings. The van der Waals surface area contributed by atoms with Gasteiger partial charge in [-0.15, -0.1) is 0 Å². The third-order valence-electron chi connectivity index (χ3n) is 3.62. The second-order valence-electron chi connectivity index (χ2n) is 5.19. The minimum absolute atomic E-state index is 0.0804. The quantitative estimate of drug-likeness (QED) is 0.791. The zero-order valence-electron chi connectivity index (χ0n) is 13.3. The lowest BCUT2D eigenvalue weighted by Gasteiger charge is -2.18. The molecular formula is C18H21F2NO2. The van der Waals surface area contributed by atoms with Crippen molar-refractivity contribution in [1.29, 1.82) is 0 Å². The molecule has 0 aliphatic carbocycles. The molecule has 3 nitrogen and oxygen atoms in total. The lowest BCUT2D eigenvalue weighted by molar-refractivity contribution is -0.0506. The summed E-state index contributed by atoms with van der Waals surface area (Å²) in [6.45, 7) is -0.152. The smallest absolute Gasteiger partial charge is 0.387 e. The lowest BCUT2D eigenvalue weighted by atomic mass is 10.1. The predicted molar refractivity (Wildman–Crippen MR) is 86.2 cm³/mol. The summed E-state index contributed by atoms with van der Waals surface area (Å²) in [5.74, 6) is 1.04. The Morgan fingerprint density at radius 3 is 2.39 bits per heavy atom. The Morgan fingerprint density at radius 2 is 1.74 bits per heavy atom. The third kappa shape index (κ3) is 5.21. The van der Waals surface area contributed by atoms with E-state index in [4.69, 9.17) is 4.74 Å². The summed E-state index contributed by atoms with van der Waals surface area (Å²) in [5, 5.41) is 3.33. The van der Waals surface area contributed by atoms with Crippen molar-refractivity contribution in [3.8, 4) is 11.5 Å². The molecule has 2 aromatic carbocycles. The standard InChI is InChI=1S/C18H21F2NO2/c1-13(16-5-3-4-6-17(16)23-18(19)20)21-12-11-14-7-9-15(22-2)10-8-14/h3-10,13,18,21H,11-12H2,1-2H3. The van der Waals surface area contributed by atoms with E-state index in [1.54, 1.807) is 25.3 Å². The van der Waals surface area contributed by atoms with E-state index in [-0.39, 0.29) is 11.8 Å². The maximum absolute atomic E-state index is 12.4. The van der Waals surface area contributed by atoms with Crippen LogP contribution in [0.15, 0.2) is 48.5 Å². The molecule has 124 valence electrons. The first-order valence-electron chi connectivity index (χ1n) is 7.50. The van der Waals surface area contributed by atoms with Gasteiger partial charge in [-0.25, -0.2) is 0 Å². The number of benzene rings is 2. The van der Waals surface area contributed by atoms with Crippen LogP contribution >= 0.6 is 0 Å². The van der Waals surface area contributed by atoms with Gasteiger partial charge in [0.2, 0.25) is 0 Å². The highest BCUT2D eigenvalue weighted by molar-refractivity contribution is 5.35. The van der Waals surface area contributed by atoms with Crippen LogP contribution in [0.4, 0.5) is 8.78 Å². The fourth-order valence-electron chi connectivity index (χ4n) is 2.38. The van der Waals surface area contributed by atoms with Gasteiger partial charge >= 0.3 is 6.61 Å². The van der Waals surface area contributed by atoms with Gasteiger partial charge in [0.25, 0.3) is 0 Å². The van der Waals surface area contributed by atoms with Crippen LogP contribution in [0.2, 0.25) is 0 Å². The average molecular weight is 321 g/mol. The highest BCUT2D eigenvalue weighted by atomic mass is 19.3. The Morgan fingerprint density at radius 1 is 1.04 bits per heavy atom. The van der Waals surface area contributed by atoms with Gasteiger partial charge in [0.1, 0.15) is 11.5 Å². The van der Waals surface area contributed by atoms with Crippen LogP contribution in [0, 0.1) is 0 Å². The number of hydrogen-bond donors (Lipinski definition) is 1. The summed E-state index contributed by atoms with van der Waals surface area (Å²) in [6.07, 6.45) is 0.839. The van der Waals surface area contributed by atoms with Gasteiger partial charge in [0.05, 0.1) is 7.11 Å². The molecule has 0 spiro atoms. The Bertz CT molecular complexity index is 602. The summed E-state index contributed by atoms with van der Waals surface area (Å²) < 4.78 is 34.6. The molecule has 0 aliphatic rings. The first-order valence-corrected chi connectivity index (χ1v) is 7.50. The van der Waals surface area contributed by atoms with Gasteiger partial charge in [0.15, 0.2) is 0 Å². The van der Waals surface area contributed by atoms with E-state index in [1.165, 1.54) is 5.56 Å². The number of rotatable bonds is 8. The highest BCUT2D eigenvalue weighted by Gasteiger charge is 2.13. The van der Waals surface area contributed by atoms with Gasteiger partial charge in [0, 0.05) is 11.6 Å². The molecule has 0 saturated carbocycles. The van der Waals surface area contributed by atoms with Gasteiger partial charge < -0.3 is 14.8 Å². The van der Waals surface area contributed by atoms with Gasteiger partial charge in [-0.2, -0.15) is 8.78 Å². The first kappa shape index (κ1) is 17.2. The van der Waals surface area contributed by atoms with Crippen LogP contribution in [-0.2, 0) is 6.42 Å². The van der Waals surface area contributed by atoms with Crippen molar-refractivity contribution in [2.45, 2.75) is 26.0 Å². The number of alkyl halides is 2. The first-order chi connectivity index (χ1) is 11.1. The largest absolute Gasteiger partial charge is 0.497 e. The molecule has 1 atom stereocenters. The zero-order chi connectivity index (χ0) is 16.7. The van der Waals surface area contributed by atoms with E-state index in [2.05, 4.69) is 10.1 Å². The molecule has 0 heterocycles. The van der Waals surface area contributed by atoms with Crippen molar-refractivity contribution in [3.63, 3.8) is 0 Å². The molecule has 0 aromatic heterocycles. The minimum Gasteiger partial charge on any atom is -0.497 e. The normalized spacial score (nSPS) is 12.2. The van der Waals surface area contributed by atoms with Gasteiger partial charge in [-0.05, 0) is 43.7 Å². The van der Waals surface area contributed by atoms with Crippen LogP contribution < -0.4 is 14.8 Å². The molecule has 1 unspecified atom stereocenters. The molecule has 0 aliphatic heterocycles. The maximum atomic E-state index is 12.4. The molecule has 0 bridgehead atoms. The number of nitrogens with one attached hydrogen (secondary N) is 1. The highest BCUT2D eigenvalue weighted by Crippen LogP contribution is 2.26. The molecule has 0 radical (unpaired) electrons. The topological polar surface area (TPSA) is 30.5 Å². The zero-order valence-corrected chi connectivity index (χ0v) is 13.3. The molecule has 0 amide bonds. The van der Waals surface area contributed by atoms with Crippen LogP contribution in [0.3, 0.4) is 0 Å². The second-order valence-corrected chi connectivity index (χ2v) is 5.19. The Kier molecular flexibility index (Phi) is 6.35. The Balaban J connectivity index is 1.90. The second kappa shape index (κ2) is 8.48. The number of ether oxygens (including phenoxy) is 2. The van der Waals surface area contributed by atoms with Gasteiger partial charge in [-0.1, -0.05) is 30.3 Å². The van der Waals surface area contributed by atoms with E-state index >= 15 is 0 Å². The van der Waals surface area contributed by atoms with E-state index in [1.807, 2.05) is 37.3 Å². The fraction of sp³-hybridized carbons (Fsp3) is 0.333. The minimum atomic E-state index is -2.82. The van der Waals surface area contributed by atoms with Crippen LogP contribution in [-0.4, -0.2) is 20.3 Å². The van der Waals surface area contributed by atoms with Crippen molar-refractivity contribution in [2.24, 2.45) is 0 Å². The molecule has 1 N–H and O–H groups in total. The van der Waals surface area contributed by atoms with Crippen molar-refractivity contribution < 1.29 is 18.3 Å². The van der Waals surface area contributed by atoms with E-state index in [0.29, 0.717) is 0 Å². The molecule has 23 heavy (non-hydrogen) atoms. The summed E-state index contributed by atoms with van der Waals surface area (Å²) >= 11 is 0. The summed E-state index contributed by atoms with van der Waals surface area (Å²) in [4.78, 5) is 0. The van der Waals surface area contributed by atoms with Crippen molar-refractivity contribution in [1.82, 2.24) is 5.32 Å². The molecular weight excluding hydrogens is 300 g/mol. The molecule has 5 heteroatoms. The van der Waals surface area contributed by atoms with E-state index in [0.717, 1.165) is 24.3 Å². The number of halogens is 2. The van der Waals surface area contributed by atoms with Gasteiger partial charge in [-0.3, -0.25) is 0 Å². The predicted octanol–water partition coefficient (Wildman–Crippen LogP) is 4.19.